The van der Waals surface area contributed by atoms with Gasteiger partial charge in [-0.3, -0.25) is 14.4 Å². The van der Waals surface area contributed by atoms with Crippen LogP contribution in [-0.4, -0.2) is 52.2 Å². The molecule has 28 heavy (non-hydrogen) atoms. The smallest absolute Gasteiger partial charge is 0.289 e. The van der Waals surface area contributed by atoms with Gasteiger partial charge in [-0.1, -0.05) is 0 Å². The minimum atomic E-state index is -0.450. The van der Waals surface area contributed by atoms with E-state index in [-0.39, 0.29) is 18.7 Å². The van der Waals surface area contributed by atoms with Crippen LogP contribution in [0.5, 0.6) is 11.5 Å². The molecule has 2 aromatic rings. The first-order valence-corrected chi connectivity index (χ1v) is 9.07. The van der Waals surface area contributed by atoms with Crippen molar-refractivity contribution in [3.05, 3.63) is 36.0 Å². The molecule has 0 unspecified atom stereocenters. The molecule has 2 aliphatic heterocycles. The van der Waals surface area contributed by atoms with Gasteiger partial charge in [0.1, 0.15) is 5.82 Å². The number of ketones is 1. The van der Waals surface area contributed by atoms with E-state index < -0.39 is 11.7 Å². The molecule has 146 valence electrons. The lowest BCUT2D eigenvalue weighted by atomic mass is 10.0. The van der Waals surface area contributed by atoms with E-state index in [1.54, 1.807) is 40.0 Å². The van der Waals surface area contributed by atoms with Gasteiger partial charge in [0.25, 0.3) is 11.8 Å². The number of fused-ring (bicyclic) bond motifs is 1. The normalized spacial score (nSPS) is 16.1. The Bertz CT molecular complexity index is 930. The van der Waals surface area contributed by atoms with Crippen LogP contribution in [0.25, 0.3) is 0 Å². The second-order valence-corrected chi connectivity index (χ2v) is 6.76. The summed E-state index contributed by atoms with van der Waals surface area (Å²) in [6, 6.07) is 6.80. The molecule has 0 bridgehead atoms. The number of benzene rings is 1. The SMILES string of the molecule is CC(=O)C(=O)N1CCC(n2nccc2NC(=O)c2ccc3c(c2)OCO3)CC1. The molecule has 0 atom stereocenters. The number of nitrogens with zero attached hydrogens (tertiary/aromatic N) is 3. The number of aromatic nitrogens is 2. The lowest BCUT2D eigenvalue weighted by Gasteiger charge is -2.32. The Morgan fingerprint density at radius 1 is 1.11 bits per heavy atom. The van der Waals surface area contributed by atoms with Crippen LogP contribution in [0.15, 0.2) is 30.5 Å². The van der Waals surface area contributed by atoms with Gasteiger partial charge >= 0.3 is 0 Å². The third-order valence-corrected chi connectivity index (χ3v) is 4.95. The summed E-state index contributed by atoms with van der Waals surface area (Å²) in [4.78, 5) is 37.3. The summed E-state index contributed by atoms with van der Waals surface area (Å²) in [6.45, 7) is 2.40. The summed E-state index contributed by atoms with van der Waals surface area (Å²) in [7, 11) is 0. The maximum Gasteiger partial charge on any atom is 0.289 e. The minimum Gasteiger partial charge on any atom is -0.454 e. The van der Waals surface area contributed by atoms with Crippen LogP contribution >= 0.6 is 0 Å². The Labute approximate surface area is 161 Å². The Kier molecular flexibility index (Phi) is 4.72. The summed E-state index contributed by atoms with van der Waals surface area (Å²) in [5, 5.41) is 7.21. The van der Waals surface area contributed by atoms with Gasteiger partial charge in [-0.2, -0.15) is 5.10 Å². The molecule has 1 aromatic carbocycles. The van der Waals surface area contributed by atoms with Crippen molar-refractivity contribution < 1.29 is 23.9 Å². The molecule has 1 aromatic heterocycles. The summed E-state index contributed by atoms with van der Waals surface area (Å²) < 4.78 is 12.3. The molecule has 9 nitrogen and oxygen atoms in total. The van der Waals surface area contributed by atoms with Gasteiger partial charge in [-0.05, 0) is 31.0 Å². The van der Waals surface area contributed by atoms with Crippen LogP contribution in [0.2, 0.25) is 0 Å². The highest BCUT2D eigenvalue weighted by Crippen LogP contribution is 2.33. The fraction of sp³-hybridized carbons (Fsp3) is 0.368. The van der Waals surface area contributed by atoms with Crippen LogP contribution in [0.4, 0.5) is 5.82 Å². The molecular weight excluding hydrogens is 364 g/mol. The number of anilines is 1. The molecule has 2 aliphatic rings. The fourth-order valence-electron chi connectivity index (χ4n) is 3.47. The molecule has 0 aliphatic carbocycles. The maximum absolute atomic E-state index is 12.6. The number of amides is 2. The monoisotopic (exact) mass is 384 g/mol. The highest BCUT2D eigenvalue weighted by Gasteiger charge is 2.27. The average molecular weight is 384 g/mol. The zero-order valence-corrected chi connectivity index (χ0v) is 15.4. The molecule has 0 saturated carbocycles. The van der Waals surface area contributed by atoms with Gasteiger partial charge in [-0.25, -0.2) is 4.68 Å². The van der Waals surface area contributed by atoms with Crippen LogP contribution in [0, 0.1) is 0 Å². The Balaban J connectivity index is 1.43. The fourth-order valence-corrected chi connectivity index (χ4v) is 3.47. The van der Waals surface area contributed by atoms with Gasteiger partial charge in [0.15, 0.2) is 11.5 Å². The number of ether oxygens (including phenoxy) is 2. The molecule has 2 amide bonds. The number of likely N-dealkylation sites (tertiary alicyclic amines) is 1. The van der Waals surface area contributed by atoms with Crippen LogP contribution in [0.3, 0.4) is 0 Å². The van der Waals surface area contributed by atoms with Crippen molar-refractivity contribution in [1.29, 1.82) is 0 Å². The molecule has 1 fully saturated rings. The highest BCUT2D eigenvalue weighted by molar-refractivity contribution is 6.35. The highest BCUT2D eigenvalue weighted by atomic mass is 16.7. The first-order valence-electron chi connectivity index (χ1n) is 9.07. The Morgan fingerprint density at radius 2 is 1.86 bits per heavy atom. The van der Waals surface area contributed by atoms with E-state index in [1.165, 1.54) is 6.92 Å². The third-order valence-electron chi connectivity index (χ3n) is 4.95. The maximum atomic E-state index is 12.6. The van der Waals surface area contributed by atoms with Crippen molar-refractivity contribution in [3.63, 3.8) is 0 Å². The summed E-state index contributed by atoms with van der Waals surface area (Å²) in [6.07, 6.45) is 2.95. The molecular formula is C19H20N4O5. The first-order chi connectivity index (χ1) is 13.5. The van der Waals surface area contributed by atoms with Gasteiger partial charge < -0.3 is 19.7 Å². The van der Waals surface area contributed by atoms with Gasteiger partial charge in [0.05, 0.1) is 12.2 Å². The standard InChI is InChI=1S/C19H20N4O5/c1-12(24)19(26)22-8-5-14(6-9-22)23-17(4-7-20-23)21-18(25)13-2-3-15-16(10-13)28-11-27-15/h2-4,7,10,14H,5-6,8-9,11H2,1H3,(H,21,25). The molecule has 0 spiro atoms. The zero-order chi connectivity index (χ0) is 19.7. The van der Waals surface area contributed by atoms with Gasteiger partial charge in [0, 0.05) is 31.6 Å². The number of nitrogens with one attached hydrogen (secondary N) is 1. The first kappa shape index (κ1) is 18.0. The van der Waals surface area contributed by atoms with Crippen molar-refractivity contribution in [2.24, 2.45) is 0 Å². The number of piperidine rings is 1. The van der Waals surface area contributed by atoms with Crippen LogP contribution < -0.4 is 14.8 Å². The lowest BCUT2D eigenvalue weighted by molar-refractivity contribution is -0.144. The number of hydrogen-bond donors (Lipinski definition) is 1. The summed E-state index contributed by atoms with van der Waals surface area (Å²) >= 11 is 0. The third kappa shape index (κ3) is 3.42. The second-order valence-electron chi connectivity index (χ2n) is 6.76. The van der Waals surface area contributed by atoms with E-state index >= 15 is 0 Å². The summed E-state index contributed by atoms with van der Waals surface area (Å²) in [5.41, 5.74) is 0.457. The van der Waals surface area contributed by atoms with Crippen molar-refractivity contribution in [3.8, 4) is 11.5 Å². The average Bonchev–Trinajstić information content (AvgIpc) is 3.36. The topological polar surface area (TPSA) is 103 Å². The quantitative estimate of drug-likeness (QED) is 0.804. The number of hydrogen-bond acceptors (Lipinski definition) is 6. The molecule has 1 N–H and O–H groups in total. The minimum absolute atomic E-state index is 0.0399. The largest absolute Gasteiger partial charge is 0.454 e. The Hall–Kier alpha value is -3.36. The van der Waals surface area contributed by atoms with Crippen LogP contribution in [-0.2, 0) is 9.59 Å². The second kappa shape index (κ2) is 7.34. The lowest BCUT2D eigenvalue weighted by Crippen LogP contribution is -2.42. The van der Waals surface area contributed by atoms with Crippen molar-refractivity contribution in [2.45, 2.75) is 25.8 Å². The van der Waals surface area contributed by atoms with Crippen molar-refractivity contribution in [1.82, 2.24) is 14.7 Å². The van der Waals surface area contributed by atoms with Crippen LogP contribution in [0.1, 0.15) is 36.2 Å². The number of Topliss-reactive ketones (excluding diaryl/α,β-unsaturated/α-hetero) is 1. The van der Waals surface area contributed by atoms with Crippen molar-refractivity contribution in [2.75, 3.05) is 25.2 Å². The van der Waals surface area contributed by atoms with E-state index in [9.17, 15) is 14.4 Å². The molecule has 4 rings (SSSR count). The van der Waals surface area contributed by atoms with E-state index in [0.717, 1.165) is 0 Å². The van der Waals surface area contributed by atoms with Gasteiger partial charge in [-0.15, -0.1) is 0 Å². The van der Waals surface area contributed by atoms with E-state index in [1.807, 2.05) is 0 Å². The molecule has 3 heterocycles. The number of rotatable bonds is 4. The summed E-state index contributed by atoms with van der Waals surface area (Å²) in [5.74, 6) is 0.574. The predicted molar refractivity (Wildman–Crippen MR) is 98.3 cm³/mol. The van der Waals surface area contributed by atoms with Gasteiger partial charge in [0.2, 0.25) is 12.6 Å². The predicted octanol–water partition coefficient (Wildman–Crippen LogP) is 1.62. The van der Waals surface area contributed by atoms with E-state index in [0.29, 0.717) is 48.8 Å². The number of carbonyl (C=O) groups is 3. The Morgan fingerprint density at radius 3 is 2.61 bits per heavy atom. The van der Waals surface area contributed by atoms with E-state index in [4.69, 9.17) is 9.47 Å². The zero-order valence-electron chi connectivity index (χ0n) is 15.4. The molecule has 0 radical (unpaired) electrons. The number of carbonyl (C=O) groups excluding carboxylic acids is 3. The molecule has 1 saturated heterocycles. The molecule has 9 heteroatoms. The van der Waals surface area contributed by atoms with E-state index in [2.05, 4.69) is 10.4 Å². The van der Waals surface area contributed by atoms with Crippen molar-refractivity contribution >= 4 is 23.4 Å².